The molecule has 0 saturated heterocycles. The summed E-state index contributed by atoms with van der Waals surface area (Å²) in [7, 11) is 2.69. The highest BCUT2D eigenvalue weighted by Crippen LogP contribution is 2.17. The van der Waals surface area contributed by atoms with Crippen LogP contribution in [0.5, 0.6) is 0 Å². The molecule has 70 heavy (non-hydrogen) atoms. The van der Waals surface area contributed by atoms with Gasteiger partial charge in [0.05, 0.1) is 38.2 Å². The van der Waals surface area contributed by atoms with Crippen LogP contribution in [-0.2, 0) is 54.3 Å². The monoisotopic (exact) mass is 954 g/mol. The largest absolute Gasteiger partial charge is 0.481 e. The van der Waals surface area contributed by atoms with E-state index < -0.39 is 36.0 Å². The van der Waals surface area contributed by atoms with Gasteiger partial charge in [0, 0.05) is 75.8 Å². The van der Waals surface area contributed by atoms with Crippen molar-refractivity contribution in [3.63, 3.8) is 0 Å². The van der Waals surface area contributed by atoms with Crippen molar-refractivity contribution < 1.29 is 48.5 Å². The van der Waals surface area contributed by atoms with Crippen LogP contribution in [0, 0.1) is 0 Å². The number of ether oxygens (including phenoxy) is 2. The van der Waals surface area contributed by atoms with Gasteiger partial charge in [-0.3, -0.25) is 39.1 Å². The molecule has 0 aliphatic carbocycles. The fourth-order valence-electron chi connectivity index (χ4n) is 6.58. The van der Waals surface area contributed by atoms with Crippen molar-refractivity contribution in [1.29, 1.82) is 0 Å². The summed E-state index contributed by atoms with van der Waals surface area (Å²) in [6.45, 7) is 2.27. The molecular formula is C52H58N8O10. The number of nitrogens with zero attached hydrogens (tertiary/aromatic N) is 4. The molecule has 0 spiro atoms. The number of benzene rings is 2. The van der Waals surface area contributed by atoms with Gasteiger partial charge < -0.3 is 41.0 Å². The van der Waals surface area contributed by atoms with E-state index in [2.05, 4.69) is 41.2 Å². The van der Waals surface area contributed by atoms with Crippen molar-refractivity contribution in [2.45, 2.75) is 50.6 Å². The first-order valence-electron chi connectivity index (χ1n) is 22.3. The van der Waals surface area contributed by atoms with E-state index in [1.807, 2.05) is 48.5 Å². The Morgan fingerprint density at radius 2 is 0.700 bits per heavy atom. The second-order valence-corrected chi connectivity index (χ2v) is 15.3. The lowest BCUT2D eigenvalue weighted by Gasteiger charge is -2.19. The number of amides is 2. The van der Waals surface area contributed by atoms with Gasteiger partial charge in [-0.2, -0.15) is 0 Å². The van der Waals surface area contributed by atoms with Gasteiger partial charge in [-0.15, -0.1) is 0 Å². The van der Waals surface area contributed by atoms with Crippen LogP contribution >= 0.6 is 0 Å². The Morgan fingerprint density at radius 1 is 0.429 bits per heavy atom. The van der Waals surface area contributed by atoms with E-state index in [-0.39, 0.29) is 24.7 Å². The number of aliphatic carboxylic acids is 2. The quantitative estimate of drug-likeness (QED) is 0.0466. The van der Waals surface area contributed by atoms with Crippen LogP contribution < -0.4 is 21.3 Å². The number of carbonyl (C=O) groups is 6. The lowest BCUT2D eigenvalue weighted by atomic mass is 10.0. The summed E-state index contributed by atoms with van der Waals surface area (Å²) in [5, 5.41) is 28.5. The summed E-state index contributed by atoms with van der Waals surface area (Å²) in [5.74, 6) is -3.20. The summed E-state index contributed by atoms with van der Waals surface area (Å²) in [6.07, 6.45) is 16.4. The Labute approximate surface area is 406 Å². The molecule has 6 rings (SSSR count). The second kappa shape index (κ2) is 30.9. The molecule has 366 valence electrons. The molecule has 2 aromatic carbocycles. The number of carbonyl (C=O) groups excluding carboxylic acids is 4. The van der Waals surface area contributed by atoms with Crippen molar-refractivity contribution >= 4 is 35.7 Å². The van der Waals surface area contributed by atoms with Gasteiger partial charge >= 0.3 is 23.9 Å². The lowest BCUT2D eigenvalue weighted by Crippen LogP contribution is -2.39. The third kappa shape index (κ3) is 20.3. The van der Waals surface area contributed by atoms with Gasteiger partial charge in [-0.05, 0) is 132 Å². The summed E-state index contributed by atoms with van der Waals surface area (Å²) >= 11 is 0. The Morgan fingerprint density at radius 3 is 0.957 bits per heavy atom. The minimum Gasteiger partial charge on any atom is -0.481 e. The SMILES string of the molecule is COC(=O)c1ccc(C(NCCc2ccncc2)C(=O)NCCc2ccncc2)cc1.COC(=O)c1ccc(C(NCCc2ccncc2)C(=O)NCCc2ccncc2)cc1.O=C(O)CCC(=O)O. The first-order valence-corrected chi connectivity index (χ1v) is 22.3. The third-order valence-electron chi connectivity index (χ3n) is 10.4. The van der Waals surface area contributed by atoms with Crippen LogP contribution in [0.25, 0.3) is 0 Å². The first-order chi connectivity index (χ1) is 34.0. The minimum absolute atomic E-state index is 0.116. The molecule has 0 bridgehead atoms. The van der Waals surface area contributed by atoms with E-state index in [1.165, 1.54) is 14.2 Å². The molecular weight excluding hydrogens is 897 g/mol. The molecule has 4 heterocycles. The van der Waals surface area contributed by atoms with Gasteiger partial charge in [0.25, 0.3) is 0 Å². The topological polar surface area (TPSA) is 261 Å². The van der Waals surface area contributed by atoms with Crippen LogP contribution in [0.15, 0.2) is 147 Å². The van der Waals surface area contributed by atoms with Crippen molar-refractivity contribution in [1.82, 2.24) is 41.2 Å². The van der Waals surface area contributed by atoms with E-state index in [1.54, 1.807) is 98.1 Å². The second-order valence-electron chi connectivity index (χ2n) is 15.3. The van der Waals surface area contributed by atoms with E-state index >= 15 is 0 Å². The molecule has 4 aromatic heterocycles. The summed E-state index contributed by atoms with van der Waals surface area (Å²) in [4.78, 5) is 84.7. The van der Waals surface area contributed by atoms with Gasteiger partial charge in [-0.25, -0.2) is 9.59 Å². The predicted molar refractivity (Wildman–Crippen MR) is 259 cm³/mol. The molecule has 0 aliphatic rings. The standard InChI is InChI=1S/2C24H26N4O3.C4H6O4/c2*1-31-24(30)21-4-2-20(3-5-21)22(27-16-10-18-6-12-25-13-7-18)23(29)28-17-11-19-8-14-26-15-9-19;5-3(6)1-2-4(7)8/h2*2-9,12-15,22,27H,10-11,16-17H2,1H3,(H,28,29);1-2H2,(H,5,6)(H,7,8). The lowest BCUT2D eigenvalue weighted by molar-refractivity contribution is -0.143. The highest BCUT2D eigenvalue weighted by atomic mass is 16.5. The molecule has 0 radical (unpaired) electrons. The molecule has 18 nitrogen and oxygen atoms in total. The zero-order valence-corrected chi connectivity index (χ0v) is 39.0. The number of pyridine rings is 4. The number of esters is 2. The maximum Gasteiger partial charge on any atom is 0.337 e. The Kier molecular flexibility index (Phi) is 24.0. The molecule has 0 aliphatic heterocycles. The molecule has 18 heteroatoms. The number of hydrogen-bond acceptors (Lipinski definition) is 14. The van der Waals surface area contributed by atoms with Gasteiger partial charge in [0.2, 0.25) is 11.8 Å². The van der Waals surface area contributed by atoms with Crippen molar-refractivity contribution in [3.05, 3.63) is 191 Å². The van der Waals surface area contributed by atoms with Crippen molar-refractivity contribution in [2.24, 2.45) is 0 Å². The fourth-order valence-corrected chi connectivity index (χ4v) is 6.58. The number of aromatic nitrogens is 4. The molecule has 0 fully saturated rings. The molecule has 6 N–H and O–H groups in total. The zero-order valence-electron chi connectivity index (χ0n) is 39.0. The number of hydrogen-bond donors (Lipinski definition) is 6. The van der Waals surface area contributed by atoms with Crippen molar-refractivity contribution in [3.8, 4) is 0 Å². The number of rotatable bonds is 23. The van der Waals surface area contributed by atoms with E-state index in [4.69, 9.17) is 19.7 Å². The van der Waals surface area contributed by atoms with E-state index in [0.29, 0.717) is 37.3 Å². The Balaban J connectivity index is 0.000000264. The number of methoxy groups -OCH3 is 2. The number of carboxylic acids is 2. The van der Waals surface area contributed by atoms with Gasteiger partial charge in [0.15, 0.2) is 0 Å². The smallest absolute Gasteiger partial charge is 0.337 e. The van der Waals surface area contributed by atoms with Gasteiger partial charge in [0.1, 0.15) is 12.1 Å². The molecule has 0 saturated carbocycles. The zero-order chi connectivity index (χ0) is 50.4. The highest BCUT2D eigenvalue weighted by Gasteiger charge is 2.22. The summed E-state index contributed by atoms with van der Waals surface area (Å²) in [5.41, 5.74) is 6.95. The third-order valence-corrected chi connectivity index (χ3v) is 10.4. The summed E-state index contributed by atoms with van der Waals surface area (Å²) < 4.78 is 9.50. The molecule has 6 aromatic rings. The van der Waals surface area contributed by atoms with Crippen molar-refractivity contribution in [2.75, 3.05) is 40.4 Å². The van der Waals surface area contributed by atoms with E-state index in [9.17, 15) is 28.8 Å². The van der Waals surface area contributed by atoms with Crippen LogP contribution in [0.3, 0.4) is 0 Å². The Hall–Kier alpha value is -8.22. The number of carboxylic acid groups (broad SMARTS) is 2. The van der Waals surface area contributed by atoms with Crippen LogP contribution in [0.1, 0.15) is 79.0 Å². The predicted octanol–water partition coefficient (Wildman–Crippen LogP) is 4.93. The summed E-state index contributed by atoms with van der Waals surface area (Å²) in [6, 6.07) is 28.3. The average Bonchev–Trinajstić information content (AvgIpc) is 3.39. The maximum atomic E-state index is 13.0. The van der Waals surface area contributed by atoms with Crippen LogP contribution in [0.2, 0.25) is 0 Å². The Bertz CT molecular complexity index is 2330. The minimum atomic E-state index is -1.08. The van der Waals surface area contributed by atoms with Gasteiger partial charge in [-0.1, -0.05) is 24.3 Å². The number of nitrogens with one attached hydrogen (secondary N) is 4. The highest BCUT2D eigenvalue weighted by molar-refractivity contribution is 5.90. The van der Waals surface area contributed by atoms with Crippen LogP contribution in [0.4, 0.5) is 0 Å². The normalized spacial score (nSPS) is 11.2. The van der Waals surface area contributed by atoms with E-state index in [0.717, 1.165) is 59.1 Å². The molecule has 2 atom stereocenters. The molecule has 2 amide bonds. The fraction of sp³-hybridized carbons (Fsp3) is 0.269. The average molecular weight is 955 g/mol. The first kappa shape index (κ1) is 54.4. The molecule has 2 unspecified atom stereocenters. The maximum absolute atomic E-state index is 13.0. The van der Waals surface area contributed by atoms with Crippen LogP contribution in [-0.4, -0.2) is 106 Å².